The van der Waals surface area contributed by atoms with Gasteiger partial charge in [-0.1, -0.05) is 30.3 Å². The molecule has 0 aliphatic carbocycles. The third kappa shape index (κ3) is 2.58. The molecular formula is C15H20N4O2. The number of amides is 3. The lowest BCUT2D eigenvalue weighted by atomic mass is 9.97. The van der Waals surface area contributed by atoms with Gasteiger partial charge in [0.25, 0.3) is 0 Å². The van der Waals surface area contributed by atoms with E-state index in [2.05, 4.69) is 5.32 Å². The van der Waals surface area contributed by atoms with Crippen molar-refractivity contribution in [2.24, 2.45) is 5.73 Å². The van der Waals surface area contributed by atoms with Crippen LogP contribution in [0.25, 0.3) is 0 Å². The Hall–Kier alpha value is -2.08. The van der Waals surface area contributed by atoms with Crippen LogP contribution in [0.1, 0.15) is 11.5 Å². The summed E-state index contributed by atoms with van der Waals surface area (Å²) >= 11 is 0. The minimum absolute atomic E-state index is 0.0227. The van der Waals surface area contributed by atoms with Gasteiger partial charge in [-0.2, -0.15) is 0 Å². The van der Waals surface area contributed by atoms with Crippen molar-refractivity contribution in [3.05, 3.63) is 35.9 Å². The van der Waals surface area contributed by atoms with E-state index in [1.807, 2.05) is 40.1 Å². The molecule has 2 saturated heterocycles. The molecule has 3 amide bonds. The van der Waals surface area contributed by atoms with Crippen LogP contribution in [0, 0.1) is 0 Å². The maximum absolute atomic E-state index is 12.7. The predicted molar refractivity (Wildman–Crippen MR) is 78.7 cm³/mol. The average molecular weight is 288 g/mol. The van der Waals surface area contributed by atoms with Crippen LogP contribution in [0.2, 0.25) is 0 Å². The van der Waals surface area contributed by atoms with Gasteiger partial charge in [0.2, 0.25) is 5.91 Å². The first-order valence-electron chi connectivity index (χ1n) is 7.29. The molecule has 0 saturated carbocycles. The molecule has 6 heteroatoms. The summed E-state index contributed by atoms with van der Waals surface area (Å²) in [5, 5.41) is 2.82. The molecule has 112 valence electrons. The molecular weight excluding hydrogens is 268 g/mol. The molecule has 0 radical (unpaired) electrons. The lowest BCUT2D eigenvalue weighted by Gasteiger charge is -2.38. The van der Waals surface area contributed by atoms with Crippen molar-refractivity contribution in [1.29, 1.82) is 0 Å². The third-order valence-electron chi connectivity index (χ3n) is 4.28. The maximum atomic E-state index is 12.7. The number of hydrogen-bond donors (Lipinski definition) is 2. The summed E-state index contributed by atoms with van der Waals surface area (Å²) in [4.78, 5) is 28.0. The second-order valence-electron chi connectivity index (χ2n) is 5.52. The largest absolute Gasteiger partial charge is 0.338 e. The van der Waals surface area contributed by atoms with Crippen LogP contribution in [0.3, 0.4) is 0 Å². The highest BCUT2D eigenvalue weighted by Gasteiger charge is 2.38. The number of fused-ring (bicyclic) bond motifs is 1. The number of benzene rings is 1. The number of rotatable bonds is 3. The maximum Gasteiger partial charge on any atom is 0.317 e. The normalized spacial score (nSPS) is 22.7. The number of carbonyl (C=O) groups excluding carboxylic acids is 2. The molecule has 0 spiro atoms. The van der Waals surface area contributed by atoms with Gasteiger partial charge in [-0.15, -0.1) is 0 Å². The molecule has 2 atom stereocenters. The van der Waals surface area contributed by atoms with E-state index in [1.165, 1.54) is 0 Å². The van der Waals surface area contributed by atoms with E-state index in [1.54, 1.807) is 0 Å². The van der Waals surface area contributed by atoms with E-state index in [-0.39, 0.29) is 23.9 Å². The monoisotopic (exact) mass is 288 g/mol. The Kier molecular flexibility index (Phi) is 3.79. The van der Waals surface area contributed by atoms with Gasteiger partial charge < -0.3 is 20.9 Å². The van der Waals surface area contributed by atoms with Crippen molar-refractivity contribution in [3.63, 3.8) is 0 Å². The standard InChI is InChI=1S/C15H20N4O2/c16-8-13(11-4-2-1-3-5-11)14(20)18-6-7-19-12(10-18)9-17-15(19)21/h1-5,12-13H,6-10,16H2,(H,17,21). The van der Waals surface area contributed by atoms with E-state index < -0.39 is 0 Å². The molecule has 0 bridgehead atoms. The highest BCUT2D eigenvalue weighted by atomic mass is 16.2. The van der Waals surface area contributed by atoms with Gasteiger partial charge in [0, 0.05) is 32.7 Å². The minimum Gasteiger partial charge on any atom is -0.338 e. The summed E-state index contributed by atoms with van der Waals surface area (Å²) in [5.41, 5.74) is 6.77. The number of nitrogens with zero attached hydrogens (tertiary/aromatic N) is 2. The molecule has 21 heavy (non-hydrogen) atoms. The van der Waals surface area contributed by atoms with E-state index in [0.29, 0.717) is 32.7 Å². The summed E-state index contributed by atoms with van der Waals surface area (Å²) in [7, 11) is 0. The van der Waals surface area contributed by atoms with Crippen LogP contribution < -0.4 is 11.1 Å². The van der Waals surface area contributed by atoms with Crippen molar-refractivity contribution in [2.45, 2.75) is 12.0 Å². The molecule has 0 aromatic heterocycles. The summed E-state index contributed by atoms with van der Waals surface area (Å²) < 4.78 is 0. The summed E-state index contributed by atoms with van der Waals surface area (Å²) in [5.74, 6) is -0.245. The van der Waals surface area contributed by atoms with Crippen molar-refractivity contribution in [2.75, 3.05) is 32.7 Å². The van der Waals surface area contributed by atoms with Gasteiger partial charge in [-0.3, -0.25) is 4.79 Å². The lowest BCUT2D eigenvalue weighted by Crippen LogP contribution is -2.55. The number of piperazine rings is 1. The fourth-order valence-corrected chi connectivity index (χ4v) is 3.09. The highest BCUT2D eigenvalue weighted by molar-refractivity contribution is 5.85. The average Bonchev–Trinajstić information content (AvgIpc) is 2.90. The Bertz CT molecular complexity index is 534. The van der Waals surface area contributed by atoms with E-state index in [9.17, 15) is 9.59 Å². The molecule has 2 aliphatic rings. The van der Waals surface area contributed by atoms with Gasteiger partial charge >= 0.3 is 6.03 Å². The number of carbonyl (C=O) groups is 2. The van der Waals surface area contributed by atoms with Crippen LogP contribution in [-0.2, 0) is 4.79 Å². The Morgan fingerprint density at radius 1 is 1.33 bits per heavy atom. The Morgan fingerprint density at radius 3 is 2.81 bits per heavy atom. The van der Waals surface area contributed by atoms with E-state index in [0.717, 1.165) is 5.56 Å². The Labute approximate surface area is 123 Å². The lowest BCUT2D eigenvalue weighted by molar-refractivity contribution is -0.134. The quantitative estimate of drug-likeness (QED) is 0.819. The second kappa shape index (κ2) is 5.73. The Morgan fingerprint density at radius 2 is 2.10 bits per heavy atom. The van der Waals surface area contributed by atoms with Crippen molar-refractivity contribution in [1.82, 2.24) is 15.1 Å². The first-order valence-corrected chi connectivity index (χ1v) is 7.29. The molecule has 1 aromatic carbocycles. The van der Waals surface area contributed by atoms with E-state index in [4.69, 9.17) is 5.73 Å². The van der Waals surface area contributed by atoms with Gasteiger partial charge in [-0.05, 0) is 5.56 Å². The zero-order valence-electron chi connectivity index (χ0n) is 11.9. The number of nitrogens with one attached hydrogen (secondary N) is 1. The number of hydrogen-bond acceptors (Lipinski definition) is 3. The first-order chi connectivity index (χ1) is 10.2. The van der Waals surface area contributed by atoms with Gasteiger partial charge in [0.1, 0.15) is 0 Å². The molecule has 2 unspecified atom stereocenters. The predicted octanol–water partition coefficient (Wildman–Crippen LogP) is -0.0351. The number of urea groups is 1. The molecule has 3 rings (SSSR count). The van der Waals surface area contributed by atoms with Crippen molar-refractivity contribution in [3.8, 4) is 0 Å². The van der Waals surface area contributed by atoms with Gasteiger partial charge in [0.05, 0.1) is 12.0 Å². The SMILES string of the molecule is NCC(C(=O)N1CCN2C(=O)NCC2C1)c1ccccc1. The topological polar surface area (TPSA) is 78.7 Å². The van der Waals surface area contributed by atoms with Crippen LogP contribution in [0.15, 0.2) is 30.3 Å². The van der Waals surface area contributed by atoms with Crippen LogP contribution in [0.5, 0.6) is 0 Å². The zero-order chi connectivity index (χ0) is 14.8. The fraction of sp³-hybridized carbons (Fsp3) is 0.467. The van der Waals surface area contributed by atoms with Crippen LogP contribution >= 0.6 is 0 Å². The third-order valence-corrected chi connectivity index (χ3v) is 4.28. The summed E-state index contributed by atoms with van der Waals surface area (Å²) in [6.45, 7) is 2.66. The molecule has 2 aliphatic heterocycles. The van der Waals surface area contributed by atoms with Crippen molar-refractivity contribution < 1.29 is 9.59 Å². The van der Waals surface area contributed by atoms with Gasteiger partial charge in [-0.25, -0.2) is 4.79 Å². The minimum atomic E-state index is -0.303. The van der Waals surface area contributed by atoms with Gasteiger partial charge in [0.15, 0.2) is 0 Å². The molecule has 2 fully saturated rings. The van der Waals surface area contributed by atoms with E-state index >= 15 is 0 Å². The highest BCUT2D eigenvalue weighted by Crippen LogP contribution is 2.21. The zero-order valence-corrected chi connectivity index (χ0v) is 11.9. The molecule has 2 heterocycles. The van der Waals surface area contributed by atoms with Crippen molar-refractivity contribution >= 4 is 11.9 Å². The Balaban J connectivity index is 1.71. The molecule has 6 nitrogen and oxygen atoms in total. The smallest absolute Gasteiger partial charge is 0.317 e. The molecule has 3 N–H and O–H groups in total. The second-order valence-corrected chi connectivity index (χ2v) is 5.52. The summed E-state index contributed by atoms with van der Waals surface area (Å²) in [6.07, 6.45) is 0. The number of nitrogens with two attached hydrogens (primary N) is 1. The first kappa shape index (κ1) is 13.9. The van der Waals surface area contributed by atoms with Crippen LogP contribution in [-0.4, -0.2) is 60.5 Å². The fourth-order valence-electron chi connectivity index (χ4n) is 3.09. The summed E-state index contributed by atoms with van der Waals surface area (Å²) in [6, 6.07) is 9.70. The molecule has 1 aromatic rings. The van der Waals surface area contributed by atoms with Crippen LogP contribution in [0.4, 0.5) is 4.79 Å².